The minimum absolute atomic E-state index is 0.0334. The van der Waals surface area contributed by atoms with E-state index in [1.165, 1.54) is 0 Å². The van der Waals surface area contributed by atoms with Crippen LogP contribution >= 0.6 is 0 Å². The molecule has 2 fully saturated rings. The van der Waals surface area contributed by atoms with Crippen molar-refractivity contribution in [3.8, 4) is 0 Å². The average molecular weight is 227 g/mol. The van der Waals surface area contributed by atoms with Gasteiger partial charge in [0.05, 0.1) is 19.1 Å². The van der Waals surface area contributed by atoms with Crippen molar-refractivity contribution in [2.24, 2.45) is 17.6 Å². The van der Waals surface area contributed by atoms with E-state index in [2.05, 4.69) is 0 Å². The molecule has 3 unspecified atom stereocenters. The van der Waals surface area contributed by atoms with Gasteiger partial charge in [-0.1, -0.05) is 6.42 Å². The van der Waals surface area contributed by atoms with Gasteiger partial charge in [-0.05, 0) is 25.7 Å². The molecule has 16 heavy (non-hydrogen) atoms. The fourth-order valence-corrected chi connectivity index (χ4v) is 2.47. The molecular formula is C12H21NO3. The van der Waals surface area contributed by atoms with E-state index in [0.29, 0.717) is 12.5 Å². The minimum atomic E-state index is -0.0537. The molecule has 2 aliphatic rings. The highest BCUT2D eigenvalue weighted by molar-refractivity contribution is 5.72. The number of esters is 1. The van der Waals surface area contributed by atoms with Gasteiger partial charge in [0, 0.05) is 18.6 Å². The van der Waals surface area contributed by atoms with Crippen LogP contribution in [0.25, 0.3) is 0 Å². The molecule has 0 bridgehead atoms. The SMILES string of the molecule is NC1CCCC(C(=O)OCC2CCOC2)C1. The van der Waals surface area contributed by atoms with E-state index >= 15 is 0 Å². The first-order valence-corrected chi connectivity index (χ1v) is 6.25. The summed E-state index contributed by atoms with van der Waals surface area (Å²) in [6.45, 7) is 2.05. The molecule has 0 aromatic rings. The topological polar surface area (TPSA) is 61.6 Å². The van der Waals surface area contributed by atoms with Gasteiger partial charge in [0.2, 0.25) is 0 Å². The Morgan fingerprint density at radius 1 is 1.38 bits per heavy atom. The molecule has 0 aromatic carbocycles. The molecule has 1 aliphatic heterocycles. The lowest BCUT2D eigenvalue weighted by Gasteiger charge is -2.25. The lowest BCUT2D eigenvalue weighted by atomic mass is 9.86. The molecule has 0 amide bonds. The molecule has 0 spiro atoms. The first kappa shape index (κ1) is 11.9. The van der Waals surface area contributed by atoms with Gasteiger partial charge in [0.25, 0.3) is 0 Å². The Hall–Kier alpha value is -0.610. The van der Waals surface area contributed by atoms with Gasteiger partial charge in [-0.2, -0.15) is 0 Å². The van der Waals surface area contributed by atoms with Crippen molar-refractivity contribution in [3.05, 3.63) is 0 Å². The molecule has 1 saturated carbocycles. The van der Waals surface area contributed by atoms with Crippen LogP contribution in [0.3, 0.4) is 0 Å². The zero-order valence-corrected chi connectivity index (χ0v) is 9.69. The Bertz CT molecular complexity index is 238. The number of hydrogen-bond donors (Lipinski definition) is 1. The van der Waals surface area contributed by atoms with Crippen LogP contribution in [0.15, 0.2) is 0 Å². The molecule has 2 rings (SSSR count). The third-order valence-electron chi connectivity index (χ3n) is 3.53. The number of ether oxygens (including phenoxy) is 2. The molecule has 4 heteroatoms. The summed E-state index contributed by atoms with van der Waals surface area (Å²) in [5, 5.41) is 0. The summed E-state index contributed by atoms with van der Waals surface area (Å²) in [4.78, 5) is 11.8. The highest BCUT2D eigenvalue weighted by Gasteiger charge is 2.27. The van der Waals surface area contributed by atoms with E-state index < -0.39 is 0 Å². The van der Waals surface area contributed by atoms with E-state index in [1.807, 2.05) is 0 Å². The molecule has 1 aliphatic carbocycles. The van der Waals surface area contributed by atoms with Gasteiger partial charge in [0.1, 0.15) is 0 Å². The summed E-state index contributed by atoms with van der Waals surface area (Å²) >= 11 is 0. The maximum absolute atomic E-state index is 11.8. The number of hydrogen-bond acceptors (Lipinski definition) is 4. The summed E-state index contributed by atoms with van der Waals surface area (Å²) in [6, 6.07) is 0.182. The second-order valence-corrected chi connectivity index (χ2v) is 4.98. The summed E-state index contributed by atoms with van der Waals surface area (Å²) in [5.41, 5.74) is 5.85. The van der Waals surface area contributed by atoms with Crippen LogP contribution in [0, 0.1) is 11.8 Å². The zero-order valence-electron chi connectivity index (χ0n) is 9.69. The molecule has 2 N–H and O–H groups in total. The van der Waals surface area contributed by atoms with Gasteiger partial charge < -0.3 is 15.2 Å². The fraction of sp³-hybridized carbons (Fsp3) is 0.917. The molecule has 92 valence electrons. The predicted molar refractivity (Wildman–Crippen MR) is 59.8 cm³/mol. The van der Waals surface area contributed by atoms with Crippen molar-refractivity contribution in [2.45, 2.75) is 38.1 Å². The predicted octanol–water partition coefficient (Wildman–Crippen LogP) is 1.08. The van der Waals surface area contributed by atoms with Gasteiger partial charge in [-0.15, -0.1) is 0 Å². The highest BCUT2D eigenvalue weighted by atomic mass is 16.5. The smallest absolute Gasteiger partial charge is 0.308 e. The Morgan fingerprint density at radius 3 is 2.94 bits per heavy atom. The maximum atomic E-state index is 11.8. The quantitative estimate of drug-likeness (QED) is 0.733. The first-order valence-electron chi connectivity index (χ1n) is 6.25. The summed E-state index contributed by atoms with van der Waals surface area (Å²) < 4.78 is 10.6. The van der Waals surface area contributed by atoms with Crippen LogP contribution in [0.4, 0.5) is 0 Å². The van der Waals surface area contributed by atoms with Gasteiger partial charge in [0.15, 0.2) is 0 Å². The molecule has 0 radical (unpaired) electrons. The van der Waals surface area contributed by atoms with Crippen LogP contribution in [-0.4, -0.2) is 31.8 Å². The van der Waals surface area contributed by atoms with E-state index in [9.17, 15) is 4.79 Å². The van der Waals surface area contributed by atoms with Crippen LogP contribution < -0.4 is 5.73 Å². The molecule has 1 heterocycles. The van der Waals surface area contributed by atoms with Crippen LogP contribution in [0.1, 0.15) is 32.1 Å². The Kier molecular flexibility index (Phi) is 4.18. The Labute approximate surface area is 96.5 Å². The second-order valence-electron chi connectivity index (χ2n) is 4.98. The van der Waals surface area contributed by atoms with Crippen molar-refractivity contribution in [1.29, 1.82) is 0 Å². The van der Waals surface area contributed by atoms with Crippen molar-refractivity contribution in [3.63, 3.8) is 0 Å². The van der Waals surface area contributed by atoms with Crippen molar-refractivity contribution in [1.82, 2.24) is 0 Å². The average Bonchev–Trinajstić information content (AvgIpc) is 2.78. The summed E-state index contributed by atoms with van der Waals surface area (Å²) in [7, 11) is 0. The molecular weight excluding hydrogens is 206 g/mol. The molecule has 3 atom stereocenters. The fourth-order valence-electron chi connectivity index (χ4n) is 2.47. The lowest BCUT2D eigenvalue weighted by molar-refractivity contribution is -0.151. The maximum Gasteiger partial charge on any atom is 0.308 e. The third kappa shape index (κ3) is 3.19. The van der Waals surface area contributed by atoms with Crippen molar-refractivity contribution >= 4 is 5.97 Å². The number of nitrogens with two attached hydrogens (primary N) is 1. The second kappa shape index (κ2) is 5.64. The molecule has 4 nitrogen and oxygen atoms in total. The molecule has 1 saturated heterocycles. The zero-order chi connectivity index (χ0) is 11.4. The minimum Gasteiger partial charge on any atom is -0.465 e. The monoisotopic (exact) mass is 227 g/mol. The first-order chi connectivity index (χ1) is 7.75. The number of carbonyl (C=O) groups excluding carboxylic acids is 1. The Morgan fingerprint density at radius 2 is 2.25 bits per heavy atom. The summed E-state index contributed by atoms with van der Waals surface area (Å²) in [5.74, 6) is 0.384. The third-order valence-corrected chi connectivity index (χ3v) is 3.53. The van der Waals surface area contributed by atoms with Crippen molar-refractivity contribution in [2.75, 3.05) is 19.8 Å². The van der Waals surface area contributed by atoms with E-state index in [0.717, 1.165) is 45.3 Å². The van der Waals surface area contributed by atoms with E-state index in [4.69, 9.17) is 15.2 Å². The van der Waals surface area contributed by atoms with Gasteiger partial charge >= 0.3 is 5.97 Å². The highest BCUT2D eigenvalue weighted by Crippen LogP contribution is 2.24. The van der Waals surface area contributed by atoms with Crippen molar-refractivity contribution < 1.29 is 14.3 Å². The number of rotatable bonds is 3. The van der Waals surface area contributed by atoms with Gasteiger partial charge in [-0.25, -0.2) is 0 Å². The molecule has 0 aromatic heterocycles. The lowest BCUT2D eigenvalue weighted by Crippen LogP contribution is -2.33. The van der Waals surface area contributed by atoms with E-state index in [1.54, 1.807) is 0 Å². The Balaban J connectivity index is 1.70. The largest absolute Gasteiger partial charge is 0.465 e. The standard InChI is InChI=1S/C12H21NO3/c13-11-3-1-2-10(6-11)12(14)16-8-9-4-5-15-7-9/h9-11H,1-8,13H2. The van der Waals surface area contributed by atoms with E-state index in [-0.39, 0.29) is 17.9 Å². The van der Waals surface area contributed by atoms with Crippen LogP contribution in [-0.2, 0) is 14.3 Å². The van der Waals surface area contributed by atoms with Crippen LogP contribution in [0.5, 0.6) is 0 Å². The summed E-state index contributed by atoms with van der Waals surface area (Å²) in [6.07, 6.45) is 4.83. The number of carbonyl (C=O) groups is 1. The van der Waals surface area contributed by atoms with Crippen LogP contribution in [0.2, 0.25) is 0 Å². The van der Waals surface area contributed by atoms with Gasteiger partial charge in [-0.3, -0.25) is 4.79 Å². The normalized spacial score (nSPS) is 34.9.